The molecular weight excluding hydrogens is 424 g/mol. The molecule has 1 amide bonds. The summed E-state index contributed by atoms with van der Waals surface area (Å²) in [4.78, 5) is 13.2. The molecule has 0 bridgehead atoms. The van der Waals surface area contributed by atoms with Gasteiger partial charge in [-0.3, -0.25) is 0 Å². The zero-order chi connectivity index (χ0) is 23.8. The van der Waals surface area contributed by atoms with Crippen LogP contribution in [0.5, 0.6) is 5.75 Å². The second-order valence-electron chi connectivity index (χ2n) is 8.85. The number of primary amides is 1. The number of anilines is 1. The van der Waals surface area contributed by atoms with E-state index in [2.05, 4.69) is 59.5 Å². The number of nitrogens with zero attached hydrogens (tertiary/aromatic N) is 1. The Kier molecular flexibility index (Phi) is 7.87. The van der Waals surface area contributed by atoms with Crippen LogP contribution in [0.1, 0.15) is 36.0 Å². The molecule has 176 valence electrons. The van der Waals surface area contributed by atoms with E-state index in [0.29, 0.717) is 18.3 Å². The molecule has 0 spiro atoms. The number of ether oxygens (including phenoxy) is 1. The lowest BCUT2D eigenvalue weighted by Crippen LogP contribution is -2.35. The monoisotopic (exact) mass is 456 g/mol. The van der Waals surface area contributed by atoms with E-state index < -0.39 is 6.09 Å². The molecule has 0 aliphatic carbocycles. The Hall–Kier alpha value is -3.73. The molecule has 34 heavy (non-hydrogen) atoms. The minimum Gasteiger partial charge on any atom is -0.508 e. The minimum absolute atomic E-state index is 0.297. The SMILES string of the molecule is NC(=O)OCC1CCN(c2ccc(C=C(CCc3ccc(O)cc3)c3ccccc3)cc2)CC1. The number of aromatic hydroxyl groups is 1. The van der Waals surface area contributed by atoms with Crippen LogP contribution < -0.4 is 10.6 Å². The molecule has 0 unspecified atom stereocenters. The lowest BCUT2D eigenvalue weighted by molar-refractivity contribution is 0.129. The van der Waals surface area contributed by atoms with E-state index >= 15 is 0 Å². The molecule has 0 aromatic heterocycles. The molecule has 5 heteroatoms. The highest BCUT2D eigenvalue weighted by molar-refractivity contribution is 5.82. The number of phenolic OH excluding ortho intramolecular Hbond substituents is 1. The smallest absolute Gasteiger partial charge is 0.404 e. The first-order chi connectivity index (χ1) is 16.6. The summed E-state index contributed by atoms with van der Waals surface area (Å²) in [5.41, 5.74) is 11.2. The van der Waals surface area contributed by atoms with Gasteiger partial charge in [0.05, 0.1) is 6.61 Å². The molecule has 3 N–H and O–H groups in total. The zero-order valence-electron chi connectivity index (χ0n) is 19.4. The number of nitrogens with two attached hydrogens (primary N) is 1. The van der Waals surface area contributed by atoms with Crippen molar-refractivity contribution in [1.82, 2.24) is 0 Å². The number of allylic oxidation sites excluding steroid dienone is 1. The number of phenols is 1. The average Bonchev–Trinajstić information content (AvgIpc) is 2.87. The second kappa shape index (κ2) is 11.4. The number of piperidine rings is 1. The number of rotatable bonds is 8. The first-order valence-corrected chi connectivity index (χ1v) is 11.9. The fourth-order valence-electron chi connectivity index (χ4n) is 4.43. The third-order valence-electron chi connectivity index (χ3n) is 6.44. The maximum Gasteiger partial charge on any atom is 0.404 e. The molecule has 1 aliphatic rings. The molecule has 5 nitrogen and oxygen atoms in total. The Morgan fingerprint density at radius 3 is 2.29 bits per heavy atom. The van der Waals surface area contributed by atoms with Crippen molar-refractivity contribution in [2.75, 3.05) is 24.6 Å². The fraction of sp³-hybridized carbons (Fsp3) is 0.276. The topological polar surface area (TPSA) is 75.8 Å². The lowest BCUT2D eigenvalue weighted by Gasteiger charge is -2.33. The zero-order valence-corrected chi connectivity index (χ0v) is 19.4. The number of hydrogen-bond acceptors (Lipinski definition) is 4. The van der Waals surface area contributed by atoms with Crippen LogP contribution in [0.4, 0.5) is 10.5 Å². The number of amides is 1. The van der Waals surface area contributed by atoms with Crippen LogP contribution in [0, 0.1) is 5.92 Å². The molecule has 4 rings (SSSR count). The van der Waals surface area contributed by atoms with Gasteiger partial charge in [0.1, 0.15) is 5.75 Å². The van der Waals surface area contributed by atoms with Crippen molar-refractivity contribution in [1.29, 1.82) is 0 Å². The van der Waals surface area contributed by atoms with Gasteiger partial charge in [0.2, 0.25) is 0 Å². The predicted molar refractivity (Wildman–Crippen MR) is 138 cm³/mol. The largest absolute Gasteiger partial charge is 0.508 e. The minimum atomic E-state index is -0.691. The quantitative estimate of drug-likeness (QED) is 0.415. The summed E-state index contributed by atoms with van der Waals surface area (Å²) in [6, 6.07) is 26.7. The molecule has 3 aromatic carbocycles. The Balaban J connectivity index is 1.42. The summed E-state index contributed by atoms with van der Waals surface area (Å²) in [5.74, 6) is 0.679. The summed E-state index contributed by atoms with van der Waals surface area (Å²) >= 11 is 0. The van der Waals surface area contributed by atoms with Gasteiger partial charge in [0, 0.05) is 18.8 Å². The van der Waals surface area contributed by atoms with E-state index in [1.165, 1.54) is 28.0 Å². The maximum absolute atomic E-state index is 10.8. The first-order valence-electron chi connectivity index (χ1n) is 11.9. The Labute approximate surface area is 201 Å². The number of hydrogen-bond donors (Lipinski definition) is 2. The standard InChI is InChI=1S/C29H32N2O3/c30-29(33)34-21-24-16-18-31(19-17-24)27-12-7-23(8-13-27)20-26(25-4-2-1-3-5-25)11-6-22-9-14-28(32)15-10-22/h1-5,7-10,12-15,20,24,32H,6,11,16-19,21H2,(H2,30,33). The summed E-state index contributed by atoms with van der Waals surface area (Å²) in [6.45, 7) is 2.31. The van der Waals surface area contributed by atoms with Crippen molar-refractivity contribution in [3.05, 3.63) is 95.6 Å². The van der Waals surface area contributed by atoms with Crippen molar-refractivity contribution in [3.63, 3.8) is 0 Å². The van der Waals surface area contributed by atoms with E-state index in [9.17, 15) is 9.90 Å². The van der Waals surface area contributed by atoms with Crippen LogP contribution in [0.15, 0.2) is 78.9 Å². The van der Waals surface area contributed by atoms with Crippen molar-refractivity contribution >= 4 is 23.4 Å². The van der Waals surface area contributed by atoms with E-state index in [-0.39, 0.29) is 0 Å². The summed E-state index contributed by atoms with van der Waals surface area (Å²) in [7, 11) is 0. The molecular formula is C29H32N2O3. The molecule has 0 radical (unpaired) electrons. The fourth-order valence-corrected chi connectivity index (χ4v) is 4.43. The van der Waals surface area contributed by atoms with Gasteiger partial charge in [-0.05, 0) is 78.1 Å². The molecule has 1 fully saturated rings. The van der Waals surface area contributed by atoms with Crippen LogP contribution in [0.2, 0.25) is 0 Å². The van der Waals surface area contributed by atoms with Gasteiger partial charge in [-0.2, -0.15) is 0 Å². The summed E-state index contributed by atoms with van der Waals surface area (Å²) in [6.07, 6.45) is 5.39. The Morgan fingerprint density at radius 1 is 0.971 bits per heavy atom. The highest BCUT2D eigenvalue weighted by atomic mass is 16.5. The Morgan fingerprint density at radius 2 is 1.65 bits per heavy atom. The normalized spacial score (nSPS) is 14.7. The van der Waals surface area contributed by atoms with E-state index in [0.717, 1.165) is 38.8 Å². The third-order valence-corrected chi connectivity index (χ3v) is 6.44. The van der Waals surface area contributed by atoms with Gasteiger partial charge in [-0.15, -0.1) is 0 Å². The maximum atomic E-state index is 10.8. The van der Waals surface area contributed by atoms with Crippen LogP contribution in [0.25, 0.3) is 11.6 Å². The van der Waals surface area contributed by atoms with Crippen molar-refractivity contribution in [2.45, 2.75) is 25.7 Å². The Bertz CT molecular complexity index is 1080. The van der Waals surface area contributed by atoms with Crippen LogP contribution in [-0.4, -0.2) is 30.9 Å². The first kappa shape index (κ1) is 23.4. The summed E-state index contributed by atoms with van der Waals surface area (Å²) in [5, 5.41) is 9.54. The van der Waals surface area contributed by atoms with Crippen molar-refractivity contribution in [3.8, 4) is 5.75 Å². The van der Waals surface area contributed by atoms with Crippen LogP contribution in [-0.2, 0) is 11.2 Å². The van der Waals surface area contributed by atoms with Crippen molar-refractivity contribution < 1.29 is 14.6 Å². The van der Waals surface area contributed by atoms with Gasteiger partial charge >= 0.3 is 6.09 Å². The highest BCUT2D eigenvalue weighted by Crippen LogP contribution is 2.27. The van der Waals surface area contributed by atoms with E-state index in [4.69, 9.17) is 10.5 Å². The third kappa shape index (κ3) is 6.64. The van der Waals surface area contributed by atoms with Crippen LogP contribution in [0.3, 0.4) is 0 Å². The molecule has 0 atom stereocenters. The molecule has 1 aliphatic heterocycles. The van der Waals surface area contributed by atoms with Gasteiger partial charge in [-0.1, -0.05) is 60.7 Å². The number of carbonyl (C=O) groups is 1. The number of benzene rings is 3. The predicted octanol–water partition coefficient (Wildman–Crippen LogP) is 5.88. The molecule has 1 saturated heterocycles. The van der Waals surface area contributed by atoms with Gasteiger partial charge in [-0.25, -0.2) is 4.79 Å². The molecule has 3 aromatic rings. The lowest BCUT2D eigenvalue weighted by atomic mass is 9.95. The summed E-state index contributed by atoms with van der Waals surface area (Å²) < 4.78 is 4.97. The molecule has 1 heterocycles. The number of aryl methyl sites for hydroxylation is 1. The molecule has 0 saturated carbocycles. The van der Waals surface area contributed by atoms with Crippen molar-refractivity contribution in [2.24, 2.45) is 11.7 Å². The van der Waals surface area contributed by atoms with Gasteiger partial charge in [0.25, 0.3) is 0 Å². The highest BCUT2D eigenvalue weighted by Gasteiger charge is 2.20. The average molecular weight is 457 g/mol. The van der Waals surface area contributed by atoms with Crippen LogP contribution >= 0.6 is 0 Å². The van der Waals surface area contributed by atoms with Gasteiger partial charge in [0.15, 0.2) is 0 Å². The second-order valence-corrected chi connectivity index (χ2v) is 8.85. The van der Waals surface area contributed by atoms with E-state index in [1.54, 1.807) is 12.1 Å². The van der Waals surface area contributed by atoms with Gasteiger partial charge < -0.3 is 20.5 Å². The number of carbonyl (C=O) groups excluding carboxylic acids is 1. The van der Waals surface area contributed by atoms with E-state index in [1.807, 2.05) is 18.2 Å².